The van der Waals surface area contributed by atoms with Crippen LogP contribution in [-0.2, 0) is 13.6 Å². The van der Waals surface area contributed by atoms with E-state index in [1.165, 1.54) is 23.2 Å². The highest BCUT2D eigenvalue weighted by molar-refractivity contribution is 6.99. The van der Waals surface area contributed by atoms with Crippen LogP contribution in [0.3, 0.4) is 0 Å². The number of nitrogens with two attached hydrogens (primary N) is 1. The fourth-order valence-corrected chi connectivity index (χ4v) is 12.9. The van der Waals surface area contributed by atoms with Crippen LogP contribution in [-0.4, -0.2) is 41.2 Å². The number of hydrogen-bond donors (Lipinski definition) is 1. The zero-order chi connectivity index (χ0) is 32.7. The Balaban J connectivity index is 1.56. The van der Waals surface area contributed by atoms with Gasteiger partial charge in [0.1, 0.15) is 5.78 Å². The molecule has 2 N–H and O–H groups in total. The molecule has 1 fully saturated rings. The second kappa shape index (κ2) is 15.3. The van der Waals surface area contributed by atoms with Crippen molar-refractivity contribution in [1.82, 2.24) is 0 Å². The summed E-state index contributed by atoms with van der Waals surface area (Å²) in [4.78, 5) is 12.7. The van der Waals surface area contributed by atoms with Gasteiger partial charge in [-0.05, 0) is 83.9 Å². The molecule has 0 bridgehead atoms. The van der Waals surface area contributed by atoms with Gasteiger partial charge in [-0.1, -0.05) is 116 Å². The lowest BCUT2D eigenvalue weighted by Crippen LogP contribution is -2.66. The molecular weight excluding hydrogens is 575 g/mol. The lowest BCUT2D eigenvalue weighted by atomic mass is 9.75. The van der Waals surface area contributed by atoms with Crippen molar-refractivity contribution in [3.63, 3.8) is 0 Å². The Labute approximate surface area is 272 Å². The summed E-state index contributed by atoms with van der Waals surface area (Å²) < 4.78 is 13.5. The smallest absolute Gasteiger partial charge is 0.261 e. The first-order valence-electron chi connectivity index (χ1n) is 17.2. The molecule has 4 nitrogen and oxygen atoms in total. The van der Waals surface area contributed by atoms with Gasteiger partial charge in [-0.3, -0.25) is 4.79 Å². The quantitative estimate of drug-likeness (QED) is 0.148. The van der Waals surface area contributed by atoms with Gasteiger partial charge in [-0.15, -0.1) is 0 Å². The minimum absolute atomic E-state index is 0.0205. The molecule has 2 aromatic carbocycles. The van der Waals surface area contributed by atoms with Crippen LogP contribution in [0.25, 0.3) is 0 Å². The normalized spacial score (nSPS) is 20.5. The molecule has 1 saturated carbocycles. The van der Waals surface area contributed by atoms with E-state index in [-0.39, 0.29) is 15.6 Å². The van der Waals surface area contributed by atoms with Gasteiger partial charge in [0.15, 0.2) is 8.32 Å². The molecular formula is C38H63NO3Si2. The predicted octanol–water partition coefficient (Wildman–Crippen LogP) is 8.63. The van der Waals surface area contributed by atoms with Crippen molar-refractivity contribution < 1.29 is 13.6 Å². The maximum absolute atomic E-state index is 12.7. The Bertz CT molecular complexity index is 1120. The summed E-state index contributed by atoms with van der Waals surface area (Å²) in [5.74, 6) is 1.30. The van der Waals surface area contributed by atoms with Gasteiger partial charge in [-0.25, -0.2) is 0 Å². The summed E-state index contributed by atoms with van der Waals surface area (Å²) in [7, 11) is -4.28. The Morgan fingerprint density at radius 1 is 0.864 bits per heavy atom. The van der Waals surface area contributed by atoms with E-state index in [1.807, 2.05) is 0 Å². The molecule has 1 aliphatic rings. The summed E-state index contributed by atoms with van der Waals surface area (Å²) in [5, 5.41) is 2.84. The van der Waals surface area contributed by atoms with E-state index >= 15 is 0 Å². The van der Waals surface area contributed by atoms with Crippen LogP contribution in [0.4, 0.5) is 0 Å². The van der Waals surface area contributed by atoms with Crippen molar-refractivity contribution in [3.8, 4) is 0 Å². The van der Waals surface area contributed by atoms with Crippen LogP contribution >= 0.6 is 0 Å². The summed E-state index contributed by atoms with van der Waals surface area (Å²) in [6.07, 6.45) is 8.32. The van der Waals surface area contributed by atoms with Gasteiger partial charge in [-0.2, -0.15) is 0 Å². The molecule has 0 heterocycles. The SMILES string of the molecule is C[C@@H](CCO[Si](c1ccccc1)(c1ccccc1)C(C)(C)C)[C@H]1CCC[C@]1(N)CCCC(=O)CCCO[Si](C)(C)C(C)(C)C. The van der Waals surface area contributed by atoms with Gasteiger partial charge in [0.05, 0.1) is 0 Å². The van der Waals surface area contributed by atoms with Crippen molar-refractivity contribution in [3.05, 3.63) is 60.7 Å². The van der Waals surface area contributed by atoms with Gasteiger partial charge in [0, 0.05) is 31.6 Å². The van der Waals surface area contributed by atoms with Gasteiger partial charge in [0.2, 0.25) is 0 Å². The highest BCUT2D eigenvalue weighted by Crippen LogP contribution is 2.43. The first-order valence-corrected chi connectivity index (χ1v) is 22.0. The lowest BCUT2D eigenvalue weighted by Gasteiger charge is -2.43. The maximum Gasteiger partial charge on any atom is 0.261 e. The van der Waals surface area contributed by atoms with E-state index in [0.717, 1.165) is 38.7 Å². The number of benzene rings is 2. The van der Waals surface area contributed by atoms with E-state index in [2.05, 4.69) is 122 Å². The third-order valence-electron chi connectivity index (χ3n) is 10.9. The van der Waals surface area contributed by atoms with Crippen molar-refractivity contribution >= 4 is 32.8 Å². The summed E-state index contributed by atoms with van der Waals surface area (Å²) in [6.45, 7) is 22.1. The van der Waals surface area contributed by atoms with Crippen LogP contribution in [0.2, 0.25) is 23.2 Å². The molecule has 44 heavy (non-hydrogen) atoms. The molecule has 3 atom stereocenters. The molecule has 0 radical (unpaired) electrons. The van der Waals surface area contributed by atoms with Gasteiger partial charge in [0.25, 0.3) is 8.32 Å². The topological polar surface area (TPSA) is 61.5 Å². The zero-order valence-electron chi connectivity index (χ0n) is 29.5. The number of Topliss-reactive ketones (excluding diaryl/α,β-unsaturated/α-hetero) is 1. The molecule has 3 rings (SSSR count). The lowest BCUT2D eigenvalue weighted by molar-refractivity contribution is -0.119. The Kier molecular flexibility index (Phi) is 12.9. The van der Waals surface area contributed by atoms with Crippen molar-refractivity contribution in [1.29, 1.82) is 0 Å². The fraction of sp³-hybridized carbons (Fsp3) is 0.658. The van der Waals surface area contributed by atoms with E-state index in [0.29, 0.717) is 37.1 Å². The molecule has 0 saturated heterocycles. The molecule has 0 unspecified atom stereocenters. The minimum atomic E-state index is -2.53. The largest absolute Gasteiger partial charge is 0.417 e. The number of hydrogen-bond acceptors (Lipinski definition) is 4. The van der Waals surface area contributed by atoms with Gasteiger partial charge >= 0.3 is 0 Å². The van der Waals surface area contributed by atoms with Crippen LogP contribution in [0.15, 0.2) is 60.7 Å². The standard InChI is InChI=1S/C38H63NO3Si2/c1-31(26-30-42-44(37(5,6)7,33-21-12-10-13-22-33)34-23-14-11-15-24-34)35-25-17-28-38(35,39)27-16-19-32(40)20-18-29-41-43(8,9)36(2,3)4/h10-15,21-24,31,35H,16-20,25-30,39H2,1-9H3/t31-,35+,38+/m0/s1. The van der Waals surface area contributed by atoms with Crippen LogP contribution in [0, 0.1) is 11.8 Å². The first-order chi connectivity index (χ1) is 20.5. The van der Waals surface area contributed by atoms with E-state index in [9.17, 15) is 4.79 Å². The Morgan fingerprint density at radius 3 is 1.93 bits per heavy atom. The van der Waals surface area contributed by atoms with Crippen molar-refractivity contribution in [2.24, 2.45) is 17.6 Å². The second-order valence-electron chi connectivity index (χ2n) is 16.1. The van der Waals surface area contributed by atoms with E-state index < -0.39 is 16.6 Å². The highest BCUT2D eigenvalue weighted by atomic mass is 28.4. The van der Waals surface area contributed by atoms with Crippen LogP contribution < -0.4 is 16.1 Å². The molecule has 0 aliphatic heterocycles. The molecule has 2 aromatic rings. The average molecular weight is 638 g/mol. The number of ketones is 1. The molecule has 0 spiro atoms. The van der Waals surface area contributed by atoms with E-state index in [1.54, 1.807) is 0 Å². The third kappa shape index (κ3) is 9.03. The number of carbonyl (C=O) groups is 1. The number of rotatable bonds is 16. The zero-order valence-corrected chi connectivity index (χ0v) is 31.5. The second-order valence-corrected chi connectivity index (χ2v) is 25.2. The first kappa shape index (κ1) is 36.9. The average Bonchev–Trinajstić information content (AvgIpc) is 3.34. The maximum atomic E-state index is 12.7. The number of carbonyl (C=O) groups excluding carboxylic acids is 1. The van der Waals surface area contributed by atoms with Crippen LogP contribution in [0.1, 0.15) is 106 Å². The predicted molar refractivity (Wildman–Crippen MR) is 193 cm³/mol. The van der Waals surface area contributed by atoms with Crippen molar-refractivity contribution in [2.45, 2.75) is 135 Å². The Hall–Kier alpha value is -1.58. The molecule has 0 amide bonds. The molecule has 246 valence electrons. The molecule has 6 heteroatoms. The van der Waals surface area contributed by atoms with Gasteiger partial charge < -0.3 is 14.6 Å². The summed E-state index contributed by atoms with van der Waals surface area (Å²) in [5.41, 5.74) is 6.97. The monoisotopic (exact) mass is 637 g/mol. The Morgan fingerprint density at radius 2 is 1.41 bits per heavy atom. The highest BCUT2D eigenvalue weighted by Gasteiger charge is 2.50. The van der Waals surface area contributed by atoms with Crippen LogP contribution in [0.5, 0.6) is 0 Å². The third-order valence-corrected chi connectivity index (χ3v) is 20.4. The summed E-state index contributed by atoms with van der Waals surface area (Å²) >= 11 is 0. The molecule has 1 aliphatic carbocycles. The molecule has 0 aromatic heterocycles. The van der Waals surface area contributed by atoms with E-state index in [4.69, 9.17) is 14.6 Å². The summed E-state index contributed by atoms with van der Waals surface area (Å²) in [6, 6.07) is 21.8. The fourth-order valence-electron chi connectivity index (χ4n) is 7.20. The van der Waals surface area contributed by atoms with Crippen molar-refractivity contribution in [2.75, 3.05) is 13.2 Å². The minimum Gasteiger partial charge on any atom is -0.417 e.